The lowest BCUT2D eigenvalue weighted by atomic mass is 10.1. The molecule has 0 saturated carbocycles. The van der Waals surface area contributed by atoms with Crippen molar-refractivity contribution in [3.8, 4) is 0 Å². The number of hydrogen-bond donors (Lipinski definition) is 1. The smallest absolute Gasteiger partial charge is 0.194 e. The lowest BCUT2D eigenvalue weighted by Crippen LogP contribution is -2.19. The Morgan fingerprint density at radius 1 is 1.29 bits per heavy atom. The third kappa shape index (κ3) is 2.87. The molecule has 0 amide bonds. The first-order valence-corrected chi connectivity index (χ1v) is 8.10. The molecule has 4 heteroatoms. The van der Waals surface area contributed by atoms with E-state index in [1.807, 2.05) is 0 Å². The molecule has 3 aromatic rings. The average Bonchev–Trinajstić information content (AvgIpc) is 2.91. The van der Waals surface area contributed by atoms with Crippen molar-refractivity contribution in [2.24, 2.45) is 0 Å². The lowest BCUT2D eigenvalue weighted by molar-refractivity contribution is 0.564. The number of rotatable bonds is 4. The van der Waals surface area contributed by atoms with E-state index in [4.69, 9.17) is 0 Å². The van der Waals surface area contributed by atoms with Gasteiger partial charge < -0.3 is 5.32 Å². The molecule has 0 bridgehead atoms. The number of thiazole rings is 1. The van der Waals surface area contributed by atoms with Crippen LogP contribution in [0.5, 0.6) is 0 Å². The molecule has 2 aromatic heterocycles. The Morgan fingerprint density at radius 3 is 2.86 bits per heavy atom. The van der Waals surface area contributed by atoms with Gasteiger partial charge in [-0.3, -0.25) is 4.40 Å². The first-order valence-electron chi connectivity index (χ1n) is 7.28. The van der Waals surface area contributed by atoms with Gasteiger partial charge in [0.2, 0.25) is 0 Å². The van der Waals surface area contributed by atoms with Crippen LogP contribution in [0.2, 0.25) is 0 Å². The van der Waals surface area contributed by atoms with Crippen LogP contribution in [-0.2, 0) is 6.54 Å². The molecular weight excluding hydrogens is 278 g/mol. The number of hydrogen-bond acceptors (Lipinski definition) is 3. The van der Waals surface area contributed by atoms with Gasteiger partial charge in [0.25, 0.3) is 0 Å². The van der Waals surface area contributed by atoms with Crippen LogP contribution in [0.3, 0.4) is 0 Å². The second kappa shape index (κ2) is 5.62. The van der Waals surface area contributed by atoms with Crippen LogP contribution < -0.4 is 5.32 Å². The first-order chi connectivity index (χ1) is 10.0. The maximum atomic E-state index is 4.64. The fourth-order valence-corrected chi connectivity index (χ4v) is 3.52. The summed E-state index contributed by atoms with van der Waals surface area (Å²) in [5.41, 5.74) is 5.01. The molecule has 1 N–H and O–H groups in total. The molecule has 2 heterocycles. The summed E-state index contributed by atoms with van der Waals surface area (Å²) >= 11 is 1.74. The highest BCUT2D eigenvalue weighted by Crippen LogP contribution is 2.21. The van der Waals surface area contributed by atoms with Crippen molar-refractivity contribution >= 4 is 16.3 Å². The summed E-state index contributed by atoms with van der Waals surface area (Å²) in [5.74, 6) is 0. The number of benzene rings is 1. The normalized spacial score (nSPS) is 13.0. The van der Waals surface area contributed by atoms with E-state index < -0.39 is 0 Å². The van der Waals surface area contributed by atoms with Gasteiger partial charge in [0.1, 0.15) is 0 Å². The Bertz CT molecular complexity index is 770. The Hall–Kier alpha value is -1.65. The molecule has 1 aromatic carbocycles. The molecule has 3 nitrogen and oxygen atoms in total. The van der Waals surface area contributed by atoms with Crippen molar-refractivity contribution in [3.05, 3.63) is 57.9 Å². The summed E-state index contributed by atoms with van der Waals surface area (Å²) in [5, 5.41) is 3.61. The van der Waals surface area contributed by atoms with Crippen LogP contribution in [0.1, 0.15) is 40.4 Å². The minimum absolute atomic E-state index is 0.328. The predicted octanol–water partition coefficient (Wildman–Crippen LogP) is 4.17. The average molecular weight is 299 g/mol. The molecule has 0 aliphatic heterocycles. The third-order valence-corrected chi connectivity index (χ3v) is 4.76. The van der Waals surface area contributed by atoms with Gasteiger partial charge in [0.05, 0.1) is 11.4 Å². The van der Waals surface area contributed by atoms with Crippen LogP contribution >= 0.6 is 11.3 Å². The molecule has 0 aliphatic rings. The minimum atomic E-state index is 0.328. The fraction of sp³-hybridized carbons (Fsp3) is 0.353. The quantitative estimate of drug-likeness (QED) is 0.783. The number of aromatic nitrogens is 2. The van der Waals surface area contributed by atoms with Gasteiger partial charge in [-0.05, 0) is 33.3 Å². The van der Waals surface area contributed by atoms with Crippen molar-refractivity contribution in [3.63, 3.8) is 0 Å². The van der Waals surface area contributed by atoms with Crippen molar-refractivity contribution in [1.82, 2.24) is 14.7 Å². The predicted molar refractivity (Wildman–Crippen MR) is 89.0 cm³/mol. The fourth-order valence-electron chi connectivity index (χ4n) is 2.63. The van der Waals surface area contributed by atoms with Crippen LogP contribution in [-0.4, -0.2) is 9.38 Å². The highest BCUT2D eigenvalue weighted by molar-refractivity contribution is 7.17. The number of imidazole rings is 1. The number of nitrogens with zero attached hydrogens (tertiary/aromatic N) is 2. The summed E-state index contributed by atoms with van der Waals surface area (Å²) in [6.45, 7) is 9.39. The van der Waals surface area contributed by atoms with E-state index in [1.165, 1.54) is 21.7 Å². The number of nitrogens with one attached hydrogen (secondary N) is 1. The maximum absolute atomic E-state index is 4.64. The van der Waals surface area contributed by atoms with Crippen LogP contribution in [0.4, 0.5) is 0 Å². The van der Waals surface area contributed by atoms with E-state index in [0.717, 1.165) is 17.2 Å². The van der Waals surface area contributed by atoms with Gasteiger partial charge in [-0.15, -0.1) is 11.3 Å². The van der Waals surface area contributed by atoms with E-state index in [1.54, 1.807) is 11.3 Å². The first kappa shape index (κ1) is 14.3. The highest BCUT2D eigenvalue weighted by atomic mass is 32.1. The van der Waals surface area contributed by atoms with Crippen molar-refractivity contribution in [2.75, 3.05) is 0 Å². The highest BCUT2D eigenvalue weighted by Gasteiger charge is 2.12. The van der Waals surface area contributed by atoms with E-state index >= 15 is 0 Å². The van der Waals surface area contributed by atoms with Gasteiger partial charge in [0, 0.05) is 23.7 Å². The summed E-state index contributed by atoms with van der Waals surface area (Å²) < 4.78 is 2.21. The summed E-state index contributed by atoms with van der Waals surface area (Å²) in [4.78, 5) is 7.02. The Balaban J connectivity index is 1.78. The zero-order valence-electron chi connectivity index (χ0n) is 13.0. The molecule has 3 rings (SSSR count). The summed E-state index contributed by atoms with van der Waals surface area (Å²) in [6.07, 6.45) is 2.17. The van der Waals surface area contributed by atoms with Crippen LogP contribution in [0, 0.1) is 20.8 Å². The molecule has 0 radical (unpaired) electrons. The van der Waals surface area contributed by atoms with Crippen molar-refractivity contribution in [1.29, 1.82) is 0 Å². The Kier molecular flexibility index (Phi) is 3.83. The SMILES string of the molecule is Cc1cccc([C@@H](C)NCc2c(C)nc3sc(C)cn23)c1. The van der Waals surface area contributed by atoms with E-state index in [9.17, 15) is 0 Å². The second-order valence-corrected chi connectivity index (χ2v) is 6.87. The standard InChI is InChI=1S/C17H21N3S/c1-11-6-5-7-15(8-11)13(3)18-9-16-14(4)19-17-20(16)10-12(2)21-17/h5-8,10,13,18H,9H2,1-4H3/t13-/m1/s1. The van der Waals surface area contributed by atoms with Gasteiger partial charge in [0.15, 0.2) is 4.96 Å². The summed E-state index contributed by atoms with van der Waals surface area (Å²) in [6, 6.07) is 9.00. The molecule has 0 spiro atoms. The minimum Gasteiger partial charge on any atom is -0.305 e. The molecular formula is C17H21N3S. The van der Waals surface area contributed by atoms with Crippen LogP contribution in [0.15, 0.2) is 30.5 Å². The monoisotopic (exact) mass is 299 g/mol. The molecule has 0 aliphatic carbocycles. The molecule has 0 fully saturated rings. The molecule has 0 saturated heterocycles. The molecule has 21 heavy (non-hydrogen) atoms. The molecule has 0 unspecified atom stereocenters. The van der Waals surface area contributed by atoms with Gasteiger partial charge in [-0.1, -0.05) is 29.8 Å². The molecule has 110 valence electrons. The van der Waals surface area contributed by atoms with Crippen molar-refractivity contribution < 1.29 is 0 Å². The number of aryl methyl sites for hydroxylation is 3. The Morgan fingerprint density at radius 2 is 2.10 bits per heavy atom. The third-order valence-electron chi connectivity index (χ3n) is 3.86. The van der Waals surface area contributed by atoms with E-state index in [2.05, 4.69) is 72.9 Å². The largest absolute Gasteiger partial charge is 0.305 e. The summed E-state index contributed by atoms with van der Waals surface area (Å²) in [7, 11) is 0. The van der Waals surface area contributed by atoms with E-state index in [-0.39, 0.29) is 0 Å². The number of fused-ring (bicyclic) bond motifs is 1. The zero-order valence-corrected chi connectivity index (χ0v) is 13.8. The van der Waals surface area contributed by atoms with E-state index in [0.29, 0.717) is 6.04 Å². The second-order valence-electron chi connectivity index (χ2n) is 5.66. The van der Waals surface area contributed by atoms with Gasteiger partial charge in [-0.25, -0.2) is 4.98 Å². The van der Waals surface area contributed by atoms with Crippen molar-refractivity contribution in [2.45, 2.75) is 40.3 Å². The Labute approximate surface area is 129 Å². The van der Waals surface area contributed by atoms with Crippen LogP contribution in [0.25, 0.3) is 4.96 Å². The lowest BCUT2D eigenvalue weighted by Gasteiger charge is -2.15. The zero-order chi connectivity index (χ0) is 15.0. The van der Waals surface area contributed by atoms with Gasteiger partial charge in [-0.2, -0.15) is 0 Å². The maximum Gasteiger partial charge on any atom is 0.194 e. The molecule has 1 atom stereocenters. The topological polar surface area (TPSA) is 29.3 Å². The van der Waals surface area contributed by atoms with Gasteiger partial charge >= 0.3 is 0 Å².